The van der Waals surface area contributed by atoms with Gasteiger partial charge in [0.1, 0.15) is 6.04 Å². The first-order chi connectivity index (χ1) is 18.9. The summed E-state index contributed by atoms with van der Waals surface area (Å²) in [7, 11) is 4.38. The SMILES string of the molecule is CCOC(=O)C(CCc1ccccc1)NC(=O)c1cn(CCNC(=O)c2ccc(OC)c(OC)c2OC)nn1. The lowest BCUT2D eigenvalue weighted by atomic mass is 10.1. The number of hydrogen-bond donors (Lipinski definition) is 2. The molecule has 0 aliphatic carbocycles. The maximum atomic E-state index is 12.8. The van der Waals surface area contributed by atoms with Gasteiger partial charge in [0.2, 0.25) is 5.75 Å². The Balaban J connectivity index is 1.58. The number of carbonyl (C=O) groups is 3. The second kappa shape index (κ2) is 14.4. The first-order valence-corrected chi connectivity index (χ1v) is 12.4. The van der Waals surface area contributed by atoms with Crippen LogP contribution in [0.3, 0.4) is 0 Å². The molecule has 0 bridgehead atoms. The predicted octanol–water partition coefficient (Wildman–Crippen LogP) is 2.03. The molecule has 0 aliphatic rings. The predicted molar refractivity (Wildman–Crippen MR) is 141 cm³/mol. The number of benzene rings is 2. The fourth-order valence-electron chi connectivity index (χ4n) is 3.85. The number of rotatable bonds is 14. The minimum atomic E-state index is -0.835. The van der Waals surface area contributed by atoms with Crippen LogP contribution < -0.4 is 24.8 Å². The number of nitrogens with one attached hydrogen (secondary N) is 2. The fraction of sp³-hybridized carbons (Fsp3) is 0.370. The molecule has 0 saturated carbocycles. The van der Waals surface area contributed by atoms with Crippen LogP contribution in [0, 0.1) is 0 Å². The van der Waals surface area contributed by atoms with Crippen LogP contribution in [0.15, 0.2) is 48.7 Å². The molecule has 3 rings (SSSR count). The van der Waals surface area contributed by atoms with Gasteiger partial charge in [-0.3, -0.25) is 9.59 Å². The molecule has 0 saturated heterocycles. The van der Waals surface area contributed by atoms with E-state index >= 15 is 0 Å². The highest BCUT2D eigenvalue weighted by atomic mass is 16.5. The fourth-order valence-corrected chi connectivity index (χ4v) is 3.85. The van der Waals surface area contributed by atoms with Crippen molar-refractivity contribution in [3.8, 4) is 17.2 Å². The standard InChI is InChI=1S/C27H33N5O7/c1-5-39-27(35)20(13-11-18-9-7-6-8-10-18)29-26(34)21-17-32(31-30-21)16-15-28-25(33)19-12-14-22(36-2)24(38-4)23(19)37-3/h6-10,12,14,17,20H,5,11,13,15-16H2,1-4H3,(H,28,33)(H,29,34). The summed E-state index contributed by atoms with van der Waals surface area (Å²) in [5.41, 5.74) is 1.35. The van der Waals surface area contributed by atoms with Crippen LogP contribution >= 0.6 is 0 Å². The monoisotopic (exact) mass is 539 g/mol. The van der Waals surface area contributed by atoms with E-state index in [1.165, 1.54) is 32.2 Å². The zero-order valence-corrected chi connectivity index (χ0v) is 22.4. The molecule has 12 nitrogen and oxygen atoms in total. The van der Waals surface area contributed by atoms with Crippen molar-refractivity contribution in [3.63, 3.8) is 0 Å². The lowest BCUT2D eigenvalue weighted by Crippen LogP contribution is -2.42. The summed E-state index contributed by atoms with van der Waals surface area (Å²) in [6, 6.07) is 12.0. The zero-order valence-electron chi connectivity index (χ0n) is 22.4. The minimum absolute atomic E-state index is 0.0388. The molecule has 3 aromatic rings. The summed E-state index contributed by atoms with van der Waals surface area (Å²) in [6.07, 6.45) is 2.40. The van der Waals surface area contributed by atoms with Crippen LogP contribution in [0.5, 0.6) is 17.2 Å². The summed E-state index contributed by atoms with van der Waals surface area (Å²) in [5.74, 6) is -0.456. The molecule has 1 heterocycles. The highest BCUT2D eigenvalue weighted by Gasteiger charge is 2.24. The van der Waals surface area contributed by atoms with E-state index in [2.05, 4.69) is 20.9 Å². The Hall–Kier alpha value is -4.61. The Kier molecular flexibility index (Phi) is 10.7. The van der Waals surface area contributed by atoms with Crippen molar-refractivity contribution in [1.82, 2.24) is 25.6 Å². The number of esters is 1. The van der Waals surface area contributed by atoms with Crippen molar-refractivity contribution in [2.75, 3.05) is 34.5 Å². The van der Waals surface area contributed by atoms with Crippen molar-refractivity contribution in [2.24, 2.45) is 0 Å². The molecular weight excluding hydrogens is 506 g/mol. The Labute approximate surface area is 226 Å². The van der Waals surface area contributed by atoms with Gasteiger partial charge in [0.15, 0.2) is 17.2 Å². The van der Waals surface area contributed by atoms with Gasteiger partial charge in [-0.15, -0.1) is 5.10 Å². The number of ether oxygens (including phenoxy) is 4. The molecule has 0 fully saturated rings. The van der Waals surface area contributed by atoms with Gasteiger partial charge in [-0.25, -0.2) is 9.48 Å². The summed E-state index contributed by atoms with van der Waals surface area (Å²) >= 11 is 0. The Morgan fingerprint density at radius 1 is 0.949 bits per heavy atom. The van der Waals surface area contributed by atoms with Crippen molar-refractivity contribution in [3.05, 3.63) is 65.5 Å². The van der Waals surface area contributed by atoms with E-state index in [1.807, 2.05) is 30.3 Å². The van der Waals surface area contributed by atoms with E-state index in [-0.39, 0.29) is 42.6 Å². The van der Waals surface area contributed by atoms with Crippen LogP contribution in [0.25, 0.3) is 0 Å². The molecule has 1 aromatic heterocycles. The summed E-state index contributed by atoms with van der Waals surface area (Å²) in [4.78, 5) is 38.0. The first-order valence-electron chi connectivity index (χ1n) is 12.4. The van der Waals surface area contributed by atoms with Gasteiger partial charge in [-0.05, 0) is 37.5 Å². The van der Waals surface area contributed by atoms with E-state index in [1.54, 1.807) is 19.1 Å². The molecule has 0 aliphatic heterocycles. The molecule has 0 radical (unpaired) electrons. The maximum Gasteiger partial charge on any atom is 0.328 e. The molecular formula is C27H33N5O7. The zero-order chi connectivity index (χ0) is 28.2. The molecule has 1 atom stereocenters. The maximum absolute atomic E-state index is 12.8. The van der Waals surface area contributed by atoms with Gasteiger partial charge >= 0.3 is 5.97 Å². The number of hydrogen-bond acceptors (Lipinski definition) is 9. The van der Waals surface area contributed by atoms with Crippen LogP contribution in [0.1, 0.15) is 39.8 Å². The van der Waals surface area contributed by atoms with Crippen LogP contribution in [0.2, 0.25) is 0 Å². The van der Waals surface area contributed by atoms with E-state index in [0.29, 0.717) is 24.3 Å². The van der Waals surface area contributed by atoms with E-state index in [9.17, 15) is 14.4 Å². The second-order valence-corrected chi connectivity index (χ2v) is 8.31. The molecule has 208 valence electrons. The number of amides is 2. The Morgan fingerprint density at radius 2 is 1.69 bits per heavy atom. The molecule has 1 unspecified atom stereocenters. The average Bonchev–Trinajstić information content (AvgIpc) is 3.43. The molecule has 2 aromatic carbocycles. The Morgan fingerprint density at radius 3 is 2.36 bits per heavy atom. The van der Waals surface area contributed by atoms with Gasteiger partial charge in [0.25, 0.3) is 11.8 Å². The summed E-state index contributed by atoms with van der Waals surface area (Å²) in [5, 5.41) is 13.3. The molecule has 12 heteroatoms. The third-order valence-electron chi connectivity index (χ3n) is 5.79. The first kappa shape index (κ1) is 29.0. The van der Waals surface area contributed by atoms with Gasteiger partial charge < -0.3 is 29.6 Å². The average molecular weight is 540 g/mol. The Bertz CT molecular complexity index is 1260. The lowest BCUT2D eigenvalue weighted by Gasteiger charge is -2.16. The number of aromatic nitrogens is 3. The van der Waals surface area contributed by atoms with E-state index in [0.717, 1.165) is 5.56 Å². The van der Waals surface area contributed by atoms with Crippen molar-refractivity contribution >= 4 is 17.8 Å². The smallest absolute Gasteiger partial charge is 0.328 e. The topological polar surface area (TPSA) is 143 Å². The van der Waals surface area contributed by atoms with Crippen molar-refractivity contribution < 1.29 is 33.3 Å². The van der Waals surface area contributed by atoms with E-state index in [4.69, 9.17) is 18.9 Å². The molecule has 2 N–H and O–H groups in total. The van der Waals surface area contributed by atoms with Crippen LogP contribution in [-0.2, 0) is 22.5 Å². The van der Waals surface area contributed by atoms with Gasteiger partial charge in [0.05, 0.1) is 46.2 Å². The lowest BCUT2D eigenvalue weighted by molar-refractivity contribution is -0.145. The summed E-state index contributed by atoms with van der Waals surface area (Å²) < 4.78 is 22.5. The number of nitrogens with zero attached hydrogens (tertiary/aromatic N) is 3. The third-order valence-corrected chi connectivity index (χ3v) is 5.79. The second-order valence-electron chi connectivity index (χ2n) is 8.31. The normalized spacial score (nSPS) is 11.3. The summed E-state index contributed by atoms with van der Waals surface area (Å²) in [6.45, 7) is 2.35. The third kappa shape index (κ3) is 7.69. The van der Waals surface area contributed by atoms with E-state index < -0.39 is 17.9 Å². The van der Waals surface area contributed by atoms with Crippen LogP contribution in [0.4, 0.5) is 0 Å². The van der Waals surface area contributed by atoms with Gasteiger partial charge in [-0.2, -0.15) is 0 Å². The highest BCUT2D eigenvalue weighted by molar-refractivity contribution is 5.98. The molecule has 2 amide bonds. The van der Waals surface area contributed by atoms with Crippen molar-refractivity contribution in [2.45, 2.75) is 32.4 Å². The molecule has 0 spiro atoms. The number of methoxy groups -OCH3 is 3. The quantitative estimate of drug-likeness (QED) is 0.294. The van der Waals surface area contributed by atoms with Gasteiger partial charge in [0, 0.05) is 6.54 Å². The van der Waals surface area contributed by atoms with Gasteiger partial charge in [-0.1, -0.05) is 35.5 Å². The number of carbonyl (C=O) groups excluding carboxylic acids is 3. The number of aryl methyl sites for hydroxylation is 1. The molecule has 39 heavy (non-hydrogen) atoms. The minimum Gasteiger partial charge on any atom is -0.493 e. The van der Waals surface area contributed by atoms with Crippen LogP contribution in [-0.4, -0.2) is 73.3 Å². The largest absolute Gasteiger partial charge is 0.493 e. The van der Waals surface area contributed by atoms with Crippen molar-refractivity contribution in [1.29, 1.82) is 0 Å². The highest BCUT2D eigenvalue weighted by Crippen LogP contribution is 2.39.